The lowest BCUT2D eigenvalue weighted by molar-refractivity contribution is -0.129. The van der Waals surface area contributed by atoms with E-state index in [0.717, 1.165) is 22.4 Å². The van der Waals surface area contributed by atoms with Crippen molar-refractivity contribution in [2.24, 2.45) is 0 Å². The van der Waals surface area contributed by atoms with E-state index in [2.05, 4.69) is 54.8 Å². The molecule has 172 valence electrons. The third-order valence-corrected chi connectivity index (χ3v) is 5.99. The third-order valence-electron chi connectivity index (χ3n) is 5.99. The highest BCUT2D eigenvalue weighted by atomic mass is 16.5. The van der Waals surface area contributed by atoms with Crippen molar-refractivity contribution in [3.63, 3.8) is 0 Å². The molecule has 0 radical (unpaired) electrons. The molecule has 3 aromatic rings. The number of methoxy groups -OCH3 is 2. The van der Waals surface area contributed by atoms with E-state index in [-0.39, 0.29) is 5.91 Å². The molecule has 1 fully saturated rings. The maximum atomic E-state index is 13.1. The van der Waals surface area contributed by atoms with E-state index in [1.165, 1.54) is 11.4 Å². The maximum Gasteiger partial charge on any atom is 0.247 e. The van der Waals surface area contributed by atoms with Crippen molar-refractivity contribution in [2.45, 2.75) is 13.8 Å². The van der Waals surface area contributed by atoms with Gasteiger partial charge in [0, 0.05) is 36.2 Å². The largest absolute Gasteiger partial charge is 0.493 e. The van der Waals surface area contributed by atoms with Gasteiger partial charge in [-0.2, -0.15) is 0 Å². The number of ether oxygens (including phenoxy) is 3. The quantitative estimate of drug-likeness (QED) is 0.527. The molecule has 0 spiro atoms. The van der Waals surface area contributed by atoms with Crippen LogP contribution in [0.2, 0.25) is 0 Å². The minimum Gasteiger partial charge on any atom is -0.493 e. The lowest BCUT2D eigenvalue weighted by atomic mass is 9.96. The summed E-state index contributed by atoms with van der Waals surface area (Å²) in [5, 5.41) is 0. The van der Waals surface area contributed by atoms with Gasteiger partial charge in [0.15, 0.2) is 11.5 Å². The summed E-state index contributed by atoms with van der Waals surface area (Å²) in [7, 11) is 3.22. The summed E-state index contributed by atoms with van der Waals surface area (Å²) in [6, 6.07) is 18.2. The minimum atomic E-state index is -0.0238. The number of aromatic nitrogens is 1. The summed E-state index contributed by atoms with van der Waals surface area (Å²) in [5.41, 5.74) is 6.12. The van der Waals surface area contributed by atoms with Gasteiger partial charge in [-0.1, -0.05) is 18.2 Å². The van der Waals surface area contributed by atoms with Gasteiger partial charge in [-0.15, -0.1) is 0 Å². The molecule has 1 aliphatic rings. The number of benzene rings is 2. The predicted octanol–water partition coefficient (Wildman–Crippen LogP) is 4.40. The third kappa shape index (κ3) is 4.81. The second-order valence-corrected chi connectivity index (χ2v) is 8.06. The topological polar surface area (TPSA) is 52.9 Å². The zero-order valence-electron chi connectivity index (χ0n) is 19.6. The highest BCUT2D eigenvalue weighted by Gasteiger charge is 2.18. The summed E-state index contributed by atoms with van der Waals surface area (Å²) in [4.78, 5) is 14.9. The van der Waals surface area contributed by atoms with Gasteiger partial charge >= 0.3 is 0 Å². The smallest absolute Gasteiger partial charge is 0.247 e. The van der Waals surface area contributed by atoms with Gasteiger partial charge in [0.2, 0.25) is 5.91 Å². The molecule has 0 bridgehead atoms. The maximum absolute atomic E-state index is 13.1. The average molecular weight is 447 g/mol. The van der Waals surface area contributed by atoms with Gasteiger partial charge in [0.05, 0.1) is 27.4 Å². The van der Waals surface area contributed by atoms with Gasteiger partial charge in [-0.05, 0) is 66.9 Å². The zero-order valence-corrected chi connectivity index (χ0v) is 19.6. The Hall–Kier alpha value is -3.51. The van der Waals surface area contributed by atoms with Crippen LogP contribution in [-0.2, 0) is 9.53 Å². The molecule has 1 saturated heterocycles. The molecule has 0 aliphatic carbocycles. The molecular formula is C27H30N2O4. The van der Waals surface area contributed by atoms with Crippen molar-refractivity contribution < 1.29 is 19.0 Å². The molecule has 1 aliphatic heterocycles. The lowest BCUT2D eigenvalue weighted by Crippen LogP contribution is -2.39. The van der Waals surface area contributed by atoms with Crippen LogP contribution in [0.15, 0.2) is 60.7 Å². The van der Waals surface area contributed by atoms with Crippen molar-refractivity contribution >= 4 is 11.5 Å². The summed E-state index contributed by atoms with van der Waals surface area (Å²) in [5.74, 6) is 1.24. The minimum absolute atomic E-state index is 0.0238. The van der Waals surface area contributed by atoms with Crippen LogP contribution in [0.1, 0.15) is 22.5 Å². The number of amides is 1. The van der Waals surface area contributed by atoms with Crippen LogP contribution in [0.5, 0.6) is 11.5 Å². The number of hydrogen-bond acceptors (Lipinski definition) is 4. The second-order valence-electron chi connectivity index (χ2n) is 8.06. The summed E-state index contributed by atoms with van der Waals surface area (Å²) in [6.07, 6.45) is 1.72. The highest BCUT2D eigenvalue weighted by molar-refractivity contribution is 5.99. The van der Waals surface area contributed by atoms with E-state index >= 15 is 0 Å². The summed E-state index contributed by atoms with van der Waals surface area (Å²) >= 11 is 0. The van der Waals surface area contributed by atoms with Crippen LogP contribution in [0.4, 0.5) is 0 Å². The Morgan fingerprint density at radius 1 is 0.848 bits per heavy atom. The van der Waals surface area contributed by atoms with Gasteiger partial charge in [0.25, 0.3) is 0 Å². The second kappa shape index (κ2) is 9.96. The van der Waals surface area contributed by atoms with Gasteiger partial charge in [0.1, 0.15) is 0 Å². The molecule has 2 heterocycles. The van der Waals surface area contributed by atoms with E-state index in [0.29, 0.717) is 37.8 Å². The van der Waals surface area contributed by atoms with Crippen LogP contribution in [0.25, 0.3) is 11.3 Å². The number of nitrogens with zero attached hydrogens (tertiary/aromatic N) is 2. The number of hydrogen-bond donors (Lipinski definition) is 0. The van der Waals surface area contributed by atoms with Crippen molar-refractivity contribution in [2.75, 3.05) is 40.5 Å². The molecule has 0 unspecified atom stereocenters. The average Bonchev–Trinajstić information content (AvgIpc) is 3.20. The van der Waals surface area contributed by atoms with Crippen molar-refractivity contribution in [1.29, 1.82) is 0 Å². The Kier molecular flexibility index (Phi) is 6.84. The molecule has 6 nitrogen and oxygen atoms in total. The molecule has 4 rings (SSSR count). The van der Waals surface area contributed by atoms with Gasteiger partial charge < -0.3 is 23.7 Å². The molecule has 33 heavy (non-hydrogen) atoms. The molecule has 2 aromatic carbocycles. The number of rotatable bonds is 6. The Bertz CT molecular complexity index is 1140. The fourth-order valence-corrected chi connectivity index (χ4v) is 4.20. The van der Waals surface area contributed by atoms with E-state index < -0.39 is 0 Å². The van der Waals surface area contributed by atoms with Crippen LogP contribution in [0.3, 0.4) is 0 Å². The molecule has 6 heteroatoms. The molecule has 1 amide bonds. The Morgan fingerprint density at radius 2 is 1.45 bits per heavy atom. The van der Waals surface area contributed by atoms with E-state index in [9.17, 15) is 4.79 Å². The first kappa shape index (κ1) is 22.7. The Labute approximate surface area is 195 Å². The molecular weight excluding hydrogens is 416 g/mol. The van der Waals surface area contributed by atoms with Crippen LogP contribution in [-0.4, -0.2) is 55.9 Å². The van der Waals surface area contributed by atoms with Gasteiger partial charge in [-0.3, -0.25) is 4.79 Å². The number of carbonyl (C=O) groups excluding carboxylic acids is 1. The predicted molar refractivity (Wildman–Crippen MR) is 129 cm³/mol. The van der Waals surface area contributed by atoms with Crippen molar-refractivity contribution in [1.82, 2.24) is 9.47 Å². The van der Waals surface area contributed by atoms with Crippen LogP contribution in [0, 0.1) is 13.8 Å². The fraction of sp³-hybridized carbons (Fsp3) is 0.296. The first-order valence-electron chi connectivity index (χ1n) is 11.1. The fourth-order valence-electron chi connectivity index (χ4n) is 4.20. The number of morpholine rings is 1. The van der Waals surface area contributed by atoms with Crippen molar-refractivity contribution in [3.8, 4) is 17.2 Å². The van der Waals surface area contributed by atoms with Crippen LogP contribution >= 0.6 is 0 Å². The Morgan fingerprint density at radius 3 is 2.06 bits per heavy atom. The first-order chi connectivity index (χ1) is 16.0. The van der Waals surface area contributed by atoms with Crippen molar-refractivity contribution in [3.05, 3.63) is 83.2 Å². The zero-order chi connectivity index (χ0) is 23.4. The Balaban J connectivity index is 1.75. The van der Waals surface area contributed by atoms with Gasteiger partial charge in [-0.25, -0.2) is 0 Å². The monoisotopic (exact) mass is 446 g/mol. The highest BCUT2D eigenvalue weighted by Crippen LogP contribution is 2.33. The first-order valence-corrected chi connectivity index (χ1v) is 11.1. The SMILES string of the molecule is COc1ccc(C(=CC(=O)N2CCOCC2)c2ccc(-n3c(C)ccc3C)cc2)cc1OC. The lowest BCUT2D eigenvalue weighted by Gasteiger charge is -2.26. The van der Waals surface area contributed by atoms with E-state index in [4.69, 9.17) is 14.2 Å². The van der Waals surface area contributed by atoms with Crippen LogP contribution < -0.4 is 9.47 Å². The van der Waals surface area contributed by atoms with E-state index in [1.54, 1.807) is 20.3 Å². The standard InChI is InChI=1S/C27H30N2O4/c1-19-5-6-20(2)29(19)23-10-7-21(8-11-23)24(18-27(30)28-13-15-33-16-14-28)22-9-12-25(31-3)26(17-22)32-4/h5-12,17-18H,13-16H2,1-4H3. The number of carbonyl (C=O) groups is 1. The molecule has 0 N–H and O–H groups in total. The number of aryl methyl sites for hydroxylation is 2. The van der Waals surface area contributed by atoms with E-state index in [1.807, 2.05) is 23.1 Å². The molecule has 1 aromatic heterocycles. The molecule has 0 saturated carbocycles. The summed E-state index contributed by atoms with van der Waals surface area (Å²) < 4.78 is 18.5. The molecule has 0 atom stereocenters. The normalized spacial score (nSPS) is 14.3. The summed E-state index contributed by atoms with van der Waals surface area (Å²) in [6.45, 7) is 6.51.